The maximum Gasteiger partial charge on any atom is 0.255 e. The Hall–Kier alpha value is -1.33. The summed E-state index contributed by atoms with van der Waals surface area (Å²) in [5, 5.41) is 12.4. The molecule has 1 aromatic rings. The third-order valence-corrected chi connectivity index (χ3v) is 2.97. The number of aliphatic hydroxyl groups excluding tert-OH is 1. The molecule has 6 heteroatoms. The van der Waals surface area contributed by atoms with Gasteiger partial charge in [0.25, 0.3) is 5.91 Å². The molecule has 0 unspecified atom stereocenters. The summed E-state index contributed by atoms with van der Waals surface area (Å²) in [4.78, 5) is 18.1. The highest BCUT2D eigenvalue weighted by atomic mass is 35.5. The number of aromatic nitrogens is 1. The normalized spacial score (nSPS) is 10.6. The highest BCUT2D eigenvalue weighted by molar-refractivity contribution is 6.33. The van der Waals surface area contributed by atoms with Crippen LogP contribution in [0, 0.1) is 0 Å². The average molecular weight is 286 g/mol. The Kier molecular flexibility index (Phi) is 6.05. The van der Waals surface area contributed by atoms with E-state index in [-0.39, 0.29) is 25.1 Å². The van der Waals surface area contributed by atoms with Crippen LogP contribution in [-0.2, 0) is 0 Å². The number of pyridine rings is 1. The molecular formula is C13H20ClN3O2. The zero-order chi connectivity index (χ0) is 14.4. The molecule has 19 heavy (non-hydrogen) atoms. The van der Waals surface area contributed by atoms with E-state index < -0.39 is 0 Å². The van der Waals surface area contributed by atoms with Gasteiger partial charge in [0.05, 0.1) is 17.2 Å². The lowest BCUT2D eigenvalue weighted by molar-refractivity contribution is 0.0665. The molecule has 0 fully saturated rings. The van der Waals surface area contributed by atoms with E-state index in [2.05, 4.69) is 10.3 Å². The molecule has 0 saturated carbocycles. The van der Waals surface area contributed by atoms with Gasteiger partial charge in [-0.05, 0) is 26.8 Å². The van der Waals surface area contributed by atoms with Gasteiger partial charge >= 0.3 is 0 Å². The van der Waals surface area contributed by atoms with Crippen molar-refractivity contribution in [3.63, 3.8) is 0 Å². The second-order valence-electron chi connectivity index (χ2n) is 4.40. The van der Waals surface area contributed by atoms with E-state index in [1.54, 1.807) is 11.0 Å². The molecule has 0 aliphatic carbocycles. The predicted octanol–water partition coefficient (Wildman–Crippen LogP) is 2.01. The first-order chi connectivity index (χ1) is 9.01. The first-order valence-electron chi connectivity index (χ1n) is 6.32. The van der Waals surface area contributed by atoms with Crippen molar-refractivity contribution in [1.29, 1.82) is 0 Å². The van der Waals surface area contributed by atoms with Gasteiger partial charge in [0, 0.05) is 25.3 Å². The lowest BCUT2D eigenvalue weighted by Crippen LogP contribution is -2.39. The zero-order valence-corrected chi connectivity index (χ0v) is 12.2. The summed E-state index contributed by atoms with van der Waals surface area (Å²) >= 11 is 6.04. The minimum atomic E-state index is -0.199. The predicted molar refractivity (Wildman–Crippen MR) is 76.7 cm³/mol. The second-order valence-corrected chi connectivity index (χ2v) is 4.80. The summed E-state index contributed by atoms with van der Waals surface area (Å²) in [5.41, 5.74) is 0.398. The highest BCUT2D eigenvalue weighted by Crippen LogP contribution is 2.20. The van der Waals surface area contributed by atoms with Gasteiger partial charge in [-0.25, -0.2) is 4.98 Å². The number of hydrogen-bond donors (Lipinski definition) is 2. The molecule has 0 spiro atoms. The van der Waals surface area contributed by atoms with Crippen molar-refractivity contribution in [2.75, 3.05) is 25.0 Å². The fourth-order valence-electron chi connectivity index (χ4n) is 1.74. The molecule has 0 atom stereocenters. The zero-order valence-electron chi connectivity index (χ0n) is 11.5. The average Bonchev–Trinajstić information content (AvgIpc) is 2.37. The van der Waals surface area contributed by atoms with Crippen molar-refractivity contribution >= 4 is 23.3 Å². The summed E-state index contributed by atoms with van der Waals surface area (Å²) in [6.45, 7) is 6.66. The van der Waals surface area contributed by atoms with E-state index in [0.717, 1.165) is 0 Å². The number of anilines is 1. The molecule has 0 radical (unpaired) electrons. The number of nitrogens with zero attached hydrogens (tertiary/aromatic N) is 2. The molecule has 1 aromatic heterocycles. The SMILES string of the molecule is CCNc1cc(C(=O)N(CCO)C(C)C)c(Cl)cn1. The fraction of sp³-hybridized carbons (Fsp3) is 0.538. The lowest BCUT2D eigenvalue weighted by Gasteiger charge is -2.26. The van der Waals surface area contributed by atoms with Crippen molar-refractivity contribution in [2.24, 2.45) is 0 Å². The molecule has 0 bridgehead atoms. The Labute approximate surface area is 118 Å². The van der Waals surface area contributed by atoms with Gasteiger partial charge in [0.15, 0.2) is 0 Å². The van der Waals surface area contributed by atoms with Crippen LogP contribution in [-0.4, -0.2) is 46.6 Å². The van der Waals surface area contributed by atoms with E-state index >= 15 is 0 Å². The van der Waals surface area contributed by atoms with E-state index in [0.29, 0.717) is 22.9 Å². The number of halogens is 1. The molecule has 2 N–H and O–H groups in total. The van der Waals surface area contributed by atoms with Gasteiger partial charge in [0.1, 0.15) is 5.82 Å². The molecule has 106 valence electrons. The number of amides is 1. The monoisotopic (exact) mass is 285 g/mol. The number of carbonyl (C=O) groups excluding carboxylic acids is 1. The van der Waals surface area contributed by atoms with Crippen LogP contribution < -0.4 is 5.32 Å². The summed E-state index contributed by atoms with van der Waals surface area (Å²) in [6, 6.07) is 1.63. The topological polar surface area (TPSA) is 65.5 Å². The van der Waals surface area contributed by atoms with Crippen LogP contribution in [0.1, 0.15) is 31.1 Å². The first-order valence-corrected chi connectivity index (χ1v) is 6.70. The van der Waals surface area contributed by atoms with E-state index in [1.165, 1.54) is 6.20 Å². The highest BCUT2D eigenvalue weighted by Gasteiger charge is 2.21. The van der Waals surface area contributed by atoms with Gasteiger partial charge in [-0.15, -0.1) is 0 Å². The number of aliphatic hydroxyl groups is 1. The number of carbonyl (C=O) groups is 1. The van der Waals surface area contributed by atoms with Crippen LogP contribution in [0.25, 0.3) is 0 Å². The fourth-order valence-corrected chi connectivity index (χ4v) is 1.92. The summed E-state index contributed by atoms with van der Waals surface area (Å²) < 4.78 is 0. The van der Waals surface area contributed by atoms with Gasteiger partial charge in [-0.3, -0.25) is 4.79 Å². The van der Waals surface area contributed by atoms with Crippen molar-refractivity contribution < 1.29 is 9.90 Å². The van der Waals surface area contributed by atoms with Crippen LogP contribution in [0.5, 0.6) is 0 Å². The Bertz CT molecular complexity index is 438. The van der Waals surface area contributed by atoms with Gasteiger partial charge in [0.2, 0.25) is 0 Å². The molecule has 0 aliphatic rings. The quantitative estimate of drug-likeness (QED) is 0.839. The molecule has 0 saturated heterocycles. The minimum Gasteiger partial charge on any atom is -0.395 e. The smallest absolute Gasteiger partial charge is 0.255 e. The van der Waals surface area contributed by atoms with E-state index in [1.807, 2.05) is 20.8 Å². The maximum absolute atomic E-state index is 12.4. The minimum absolute atomic E-state index is 0.00790. The lowest BCUT2D eigenvalue weighted by atomic mass is 10.2. The standard InChI is InChI=1S/C13H20ClN3O2/c1-4-15-12-7-10(11(14)8-16-12)13(19)17(5-6-18)9(2)3/h7-9,18H,4-6H2,1-3H3,(H,15,16). The number of rotatable bonds is 6. The summed E-state index contributed by atoms with van der Waals surface area (Å²) in [7, 11) is 0. The van der Waals surface area contributed by atoms with Gasteiger partial charge in [-0.2, -0.15) is 0 Å². The Morgan fingerprint density at radius 1 is 1.58 bits per heavy atom. The Morgan fingerprint density at radius 2 is 2.26 bits per heavy atom. The number of hydrogen-bond acceptors (Lipinski definition) is 4. The van der Waals surface area contributed by atoms with E-state index in [4.69, 9.17) is 16.7 Å². The van der Waals surface area contributed by atoms with Crippen LogP contribution in [0.2, 0.25) is 5.02 Å². The maximum atomic E-state index is 12.4. The third kappa shape index (κ3) is 4.08. The largest absolute Gasteiger partial charge is 0.395 e. The molecular weight excluding hydrogens is 266 g/mol. The summed E-state index contributed by atoms with van der Waals surface area (Å²) in [6.07, 6.45) is 1.46. The van der Waals surface area contributed by atoms with Crippen LogP contribution in [0.3, 0.4) is 0 Å². The van der Waals surface area contributed by atoms with Crippen LogP contribution in [0.15, 0.2) is 12.3 Å². The summed E-state index contributed by atoms with van der Waals surface area (Å²) in [5.74, 6) is 0.415. The molecule has 1 rings (SSSR count). The van der Waals surface area contributed by atoms with Gasteiger partial charge < -0.3 is 15.3 Å². The molecule has 0 aromatic carbocycles. The van der Waals surface area contributed by atoms with E-state index in [9.17, 15) is 4.79 Å². The van der Waals surface area contributed by atoms with Gasteiger partial charge in [-0.1, -0.05) is 11.6 Å². The number of nitrogens with one attached hydrogen (secondary N) is 1. The molecule has 1 heterocycles. The van der Waals surface area contributed by atoms with Crippen LogP contribution in [0.4, 0.5) is 5.82 Å². The Morgan fingerprint density at radius 3 is 2.79 bits per heavy atom. The molecule has 5 nitrogen and oxygen atoms in total. The first kappa shape index (κ1) is 15.7. The second kappa shape index (κ2) is 7.31. The molecule has 0 aliphatic heterocycles. The van der Waals surface area contributed by atoms with Crippen molar-refractivity contribution in [1.82, 2.24) is 9.88 Å². The van der Waals surface area contributed by atoms with Crippen molar-refractivity contribution in [2.45, 2.75) is 26.8 Å². The molecule has 1 amide bonds. The van der Waals surface area contributed by atoms with Crippen molar-refractivity contribution in [3.8, 4) is 0 Å². The Balaban J connectivity index is 3.05. The third-order valence-electron chi connectivity index (χ3n) is 2.67. The van der Waals surface area contributed by atoms with Crippen molar-refractivity contribution in [3.05, 3.63) is 22.8 Å². The van der Waals surface area contributed by atoms with Crippen LogP contribution >= 0.6 is 11.6 Å².